The molecule has 1 aromatic heterocycles. The van der Waals surface area contributed by atoms with Crippen LogP contribution in [-0.4, -0.2) is 28.3 Å². The molecule has 0 saturated carbocycles. The molecule has 0 aliphatic heterocycles. The summed E-state index contributed by atoms with van der Waals surface area (Å²) in [4.78, 5) is 28.8. The summed E-state index contributed by atoms with van der Waals surface area (Å²) in [5, 5.41) is 2.30. The van der Waals surface area contributed by atoms with Gasteiger partial charge in [0.15, 0.2) is 0 Å². The van der Waals surface area contributed by atoms with E-state index in [0.717, 1.165) is 0 Å². The molecule has 0 bridgehead atoms. The number of rotatable bonds is 3. The molecule has 0 atom stereocenters. The maximum absolute atomic E-state index is 11.2. The van der Waals surface area contributed by atoms with Crippen molar-refractivity contribution < 1.29 is 9.59 Å². The number of nitrogens with zero attached hydrogens (tertiary/aromatic N) is 2. The lowest BCUT2D eigenvalue weighted by atomic mass is 10.3. The van der Waals surface area contributed by atoms with Crippen LogP contribution in [0, 0.1) is 0 Å². The quantitative estimate of drug-likeness (QED) is 0.603. The zero-order valence-electron chi connectivity index (χ0n) is 6.73. The van der Waals surface area contributed by atoms with Crippen molar-refractivity contribution in [2.75, 3.05) is 6.54 Å². The Morgan fingerprint density at radius 3 is 2.54 bits per heavy atom. The standard InChI is InChI=1S/C7H8N4O2/c8-6(12)3-11-7(13)5-1-9-4-10-2-5/h1-2,4H,3H2,(H2,8,12)(H,11,13). The van der Waals surface area contributed by atoms with Crippen molar-refractivity contribution in [2.24, 2.45) is 5.73 Å². The summed E-state index contributed by atoms with van der Waals surface area (Å²) in [5.74, 6) is -1.01. The molecule has 0 fully saturated rings. The van der Waals surface area contributed by atoms with Crippen molar-refractivity contribution in [2.45, 2.75) is 0 Å². The maximum atomic E-state index is 11.2. The van der Waals surface area contributed by atoms with Crippen molar-refractivity contribution in [3.05, 3.63) is 24.3 Å². The Morgan fingerprint density at radius 1 is 1.38 bits per heavy atom. The molecule has 0 saturated heterocycles. The second kappa shape index (κ2) is 4.15. The third kappa shape index (κ3) is 2.86. The average Bonchev–Trinajstić information content (AvgIpc) is 2.15. The Morgan fingerprint density at radius 2 is 2.00 bits per heavy atom. The SMILES string of the molecule is NC(=O)CNC(=O)c1cncnc1. The van der Waals surface area contributed by atoms with Crippen LogP contribution in [0.4, 0.5) is 0 Å². The second-order valence-corrected chi connectivity index (χ2v) is 2.28. The Hall–Kier alpha value is -1.98. The van der Waals surface area contributed by atoms with Crippen molar-refractivity contribution in [3.63, 3.8) is 0 Å². The first-order chi connectivity index (χ1) is 6.20. The van der Waals surface area contributed by atoms with E-state index in [9.17, 15) is 9.59 Å². The highest BCUT2D eigenvalue weighted by Crippen LogP contribution is 1.91. The van der Waals surface area contributed by atoms with Crippen LogP contribution in [0.1, 0.15) is 10.4 Å². The molecule has 0 aliphatic rings. The summed E-state index contributed by atoms with van der Waals surface area (Å²) < 4.78 is 0. The number of nitrogens with two attached hydrogens (primary N) is 1. The van der Waals surface area contributed by atoms with E-state index in [1.54, 1.807) is 0 Å². The Bertz CT molecular complexity index is 312. The third-order valence-corrected chi connectivity index (χ3v) is 1.25. The topological polar surface area (TPSA) is 98.0 Å². The summed E-state index contributed by atoms with van der Waals surface area (Å²) in [6.45, 7) is -0.187. The molecule has 1 heterocycles. The van der Waals surface area contributed by atoms with E-state index in [-0.39, 0.29) is 6.54 Å². The van der Waals surface area contributed by atoms with Gasteiger partial charge in [0.25, 0.3) is 5.91 Å². The van der Waals surface area contributed by atoms with Gasteiger partial charge in [0.2, 0.25) is 5.91 Å². The molecule has 68 valence electrons. The van der Waals surface area contributed by atoms with Gasteiger partial charge in [-0.1, -0.05) is 0 Å². The summed E-state index contributed by atoms with van der Waals surface area (Å²) in [6.07, 6.45) is 4.01. The van der Waals surface area contributed by atoms with E-state index < -0.39 is 11.8 Å². The first kappa shape index (κ1) is 9.11. The highest BCUT2D eigenvalue weighted by Gasteiger charge is 2.05. The Labute approximate surface area is 74.2 Å². The normalized spacial score (nSPS) is 9.23. The van der Waals surface area contributed by atoms with E-state index in [4.69, 9.17) is 5.73 Å². The number of carbonyl (C=O) groups excluding carboxylic acids is 2. The van der Waals surface area contributed by atoms with Gasteiger partial charge in [0.05, 0.1) is 12.1 Å². The summed E-state index contributed by atoms with van der Waals surface area (Å²) in [6, 6.07) is 0. The van der Waals surface area contributed by atoms with Crippen LogP contribution < -0.4 is 11.1 Å². The lowest BCUT2D eigenvalue weighted by Crippen LogP contribution is -2.33. The fraction of sp³-hybridized carbons (Fsp3) is 0.143. The molecule has 3 N–H and O–H groups in total. The number of hydrogen-bond acceptors (Lipinski definition) is 4. The summed E-state index contributed by atoms with van der Waals surface area (Å²) in [5.41, 5.74) is 5.13. The fourth-order valence-corrected chi connectivity index (χ4v) is 0.686. The molecule has 0 aromatic carbocycles. The number of primary amides is 1. The minimum Gasteiger partial charge on any atom is -0.368 e. The molecule has 0 spiro atoms. The first-order valence-electron chi connectivity index (χ1n) is 3.51. The van der Waals surface area contributed by atoms with Crippen LogP contribution in [0.15, 0.2) is 18.7 Å². The zero-order chi connectivity index (χ0) is 9.68. The molecule has 0 radical (unpaired) electrons. The molecule has 0 aliphatic carbocycles. The predicted octanol–water partition coefficient (Wildman–Crippen LogP) is -1.31. The number of aromatic nitrogens is 2. The number of hydrogen-bond donors (Lipinski definition) is 2. The smallest absolute Gasteiger partial charge is 0.254 e. The third-order valence-electron chi connectivity index (χ3n) is 1.25. The predicted molar refractivity (Wildman–Crippen MR) is 43.6 cm³/mol. The van der Waals surface area contributed by atoms with E-state index in [1.165, 1.54) is 18.7 Å². The van der Waals surface area contributed by atoms with Gasteiger partial charge in [-0.05, 0) is 0 Å². The van der Waals surface area contributed by atoms with Gasteiger partial charge in [-0.3, -0.25) is 9.59 Å². The molecule has 0 unspecified atom stereocenters. The number of nitrogens with one attached hydrogen (secondary N) is 1. The van der Waals surface area contributed by atoms with Gasteiger partial charge in [-0.2, -0.15) is 0 Å². The molecule has 13 heavy (non-hydrogen) atoms. The van der Waals surface area contributed by atoms with E-state index in [2.05, 4.69) is 15.3 Å². The highest BCUT2D eigenvalue weighted by molar-refractivity contribution is 5.95. The number of carbonyl (C=O) groups is 2. The lowest BCUT2D eigenvalue weighted by Gasteiger charge is -2.00. The molecule has 6 heteroatoms. The second-order valence-electron chi connectivity index (χ2n) is 2.28. The Balaban J connectivity index is 2.54. The molecule has 1 aromatic rings. The lowest BCUT2D eigenvalue weighted by molar-refractivity contribution is -0.117. The molecule has 2 amide bonds. The van der Waals surface area contributed by atoms with Gasteiger partial charge in [0, 0.05) is 12.4 Å². The monoisotopic (exact) mass is 180 g/mol. The first-order valence-corrected chi connectivity index (χ1v) is 3.51. The molecule has 6 nitrogen and oxygen atoms in total. The largest absolute Gasteiger partial charge is 0.368 e. The van der Waals surface area contributed by atoms with Gasteiger partial charge >= 0.3 is 0 Å². The molecular formula is C7H8N4O2. The van der Waals surface area contributed by atoms with Gasteiger partial charge < -0.3 is 11.1 Å². The fourth-order valence-electron chi connectivity index (χ4n) is 0.686. The number of amides is 2. The molecule has 1 rings (SSSR count). The maximum Gasteiger partial charge on any atom is 0.254 e. The van der Waals surface area contributed by atoms with Gasteiger partial charge in [-0.25, -0.2) is 9.97 Å². The van der Waals surface area contributed by atoms with Crippen LogP contribution >= 0.6 is 0 Å². The van der Waals surface area contributed by atoms with E-state index in [0.29, 0.717) is 5.56 Å². The van der Waals surface area contributed by atoms with Crippen LogP contribution in [0.5, 0.6) is 0 Å². The van der Waals surface area contributed by atoms with Gasteiger partial charge in [-0.15, -0.1) is 0 Å². The van der Waals surface area contributed by atoms with Crippen molar-refractivity contribution in [1.82, 2.24) is 15.3 Å². The minimum atomic E-state index is -0.592. The average molecular weight is 180 g/mol. The van der Waals surface area contributed by atoms with Crippen molar-refractivity contribution >= 4 is 11.8 Å². The van der Waals surface area contributed by atoms with E-state index >= 15 is 0 Å². The summed E-state index contributed by atoms with van der Waals surface area (Å²) >= 11 is 0. The van der Waals surface area contributed by atoms with Crippen molar-refractivity contribution in [3.8, 4) is 0 Å². The van der Waals surface area contributed by atoms with Crippen LogP contribution in [-0.2, 0) is 4.79 Å². The van der Waals surface area contributed by atoms with Crippen LogP contribution in [0.3, 0.4) is 0 Å². The molecular weight excluding hydrogens is 172 g/mol. The van der Waals surface area contributed by atoms with E-state index in [1.807, 2.05) is 0 Å². The van der Waals surface area contributed by atoms with Crippen LogP contribution in [0.2, 0.25) is 0 Å². The summed E-state index contributed by atoms with van der Waals surface area (Å²) in [7, 11) is 0. The highest BCUT2D eigenvalue weighted by atomic mass is 16.2. The zero-order valence-corrected chi connectivity index (χ0v) is 6.73. The van der Waals surface area contributed by atoms with Crippen molar-refractivity contribution in [1.29, 1.82) is 0 Å². The van der Waals surface area contributed by atoms with Crippen LogP contribution in [0.25, 0.3) is 0 Å². The Kier molecular flexibility index (Phi) is 2.91. The minimum absolute atomic E-state index is 0.187. The van der Waals surface area contributed by atoms with Gasteiger partial charge in [0.1, 0.15) is 6.33 Å².